The number of hydrogen-bond donors (Lipinski definition) is 0. The third kappa shape index (κ3) is 6.96. The predicted molar refractivity (Wildman–Crippen MR) is 103 cm³/mol. The Hall–Kier alpha value is -0.353. The van der Waals surface area contributed by atoms with Crippen molar-refractivity contribution >= 4 is 19.7 Å². The Morgan fingerprint density at radius 2 is 1.70 bits per heavy atom. The van der Waals surface area contributed by atoms with Crippen LogP contribution in [0, 0.1) is 0 Å². The number of hydrogen-bond acceptors (Lipinski definition) is 2. The minimum Gasteiger partial charge on any atom is -0.373 e. The molecule has 0 radical (unpaired) electrons. The maximum Gasteiger partial charge on any atom is 0.0678 e. The maximum atomic E-state index is 5.96. The van der Waals surface area contributed by atoms with Gasteiger partial charge in [-0.2, -0.15) is 0 Å². The number of ether oxygens (including phenoxy) is 1. The lowest BCUT2D eigenvalue weighted by atomic mass is 10.2. The zero-order chi connectivity index (χ0) is 16.9. The average molecular weight is 354 g/mol. The number of benzene rings is 1. The van der Waals surface area contributed by atoms with Gasteiger partial charge in [0.05, 0.1) is 12.2 Å². The molecule has 1 aromatic carbocycles. The van der Waals surface area contributed by atoms with Gasteiger partial charge in [0.2, 0.25) is 0 Å². The fourth-order valence-electron chi connectivity index (χ4n) is 3.51. The van der Waals surface area contributed by atoms with E-state index in [2.05, 4.69) is 44.0 Å². The highest BCUT2D eigenvalue weighted by Crippen LogP contribution is 2.22. The van der Waals surface area contributed by atoms with Crippen LogP contribution in [-0.4, -0.2) is 44.8 Å². The first-order valence-electron chi connectivity index (χ1n) is 8.96. The molecule has 130 valence electrons. The van der Waals surface area contributed by atoms with Gasteiger partial charge in [0.25, 0.3) is 0 Å². The van der Waals surface area contributed by atoms with Gasteiger partial charge in [0.1, 0.15) is 0 Å². The van der Waals surface area contributed by atoms with Crippen molar-refractivity contribution in [1.29, 1.82) is 0 Å². The molecule has 0 aromatic heterocycles. The zero-order valence-electron chi connectivity index (χ0n) is 15.1. The molecule has 0 aliphatic carbocycles. The summed E-state index contributed by atoms with van der Waals surface area (Å²) in [5, 5.41) is 0.833. The van der Waals surface area contributed by atoms with Crippen LogP contribution in [0.1, 0.15) is 25.8 Å². The summed E-state index contributed by atoms with van der Waals surface area (Å²) < 4.78 is 5.82. The van der Waals surface area contributed by atoms with E-state index >= 15 is 0 Å². The minimum atomic E-state index is -1.11. The van der Waals surface area contributed by atoms with Crippen molar-refractivity contribution in [3.05, 3.63) is 34.9 Å². The highest BCUT2D eigenvalue weighted by molar-refractivity contribution is 6.77. The molecule has 1 aromatic rings. The summed E-state index contributed by atoms with van der Waals surface area (Å²) in [6.45, 7) is 12.9. The summed E-state index contributed by atoms with van der Waals surface area (Å²) in [6.07, 6.45) is 3.30. The van der Waals surface area contributed by atoms with Gasteiger partial charge in [-0.05, 0) is 50.9 Å². The molecule has 1 saturated heterocycles. The van der Waals surface area contributed by atoms with Crippen molar-refractivity contribution < 1.29 is 4.74 Å². The molecule has 1 fully saturated rings. The lowest BCUT2D eigenvalue weighted by molar-refractivity contribution is -0.0677. The molecule has 0 bridgehead atoms. The molecule has 0 spiro atoms. The van der Waals surface area contributed by atoms with Crippen molar-refractivity contribution in [3.63, 3.8) is 0 Å². The van der Waals surface area contributed by atoms with Crippen LogP contribution in [0.3, 0.4) is 0 Å². The quantitative estimate of drug-likeness (QED) is 0.633. The van der Waals surface area contributed by atoms with Gasteiger partial charge >= 0.3 is 0 Å². The highest BCUT2D eigenvalue weighted by Gasteiger charge is 2.24. The van der Waals surface area contributed by atoms with Gasteiger partial charge in [0, 0.05) is 26.2 Å². The SMILES string of the molecule is CC1CN(CCC[Si](C)(C)CCc2ccc(Cl)cc2)CC(C)O1. The predicted octanol–water partition coefficient (Wildman–Crippen LogP) is 5.09. The smallest absolute Gasteiger partial charge is 0.0678 e. The van der Waals surface area contributed by atoms with Gasteiger partial charge < -0.3 is 4.74 Å². The van der Waals surface area contributed by atoms with Crippen LogP contribution in [0.2, 0.25) is 30.2 Å². The maximum absolute atomic E-state index is 5.96. The van der Waals surface area contributed by atoms with Gasteiger partial charge in [-0.3, -0.25) is 4.90 Å². The van der Waals surface area contributed by atoms with Crippen molar-refractivity contribution in [2.45, 2.75) is 64.1 Å². The Labute approximate surface area is 148 Å². The van der Waals surface area contributed by atoms with E-state index in [0.29, 0.717) is 12.2 Å². The van der Waals surface area contributed by atoms with Crippen LogP contribution in [0.4, 0.5) is 0 Å². The van der Waals surface area contributed by atoms with Crippen LogP contribution in [0.5, 0.6) is 0 Å². The monoisotopic (exact) mass is 353 g/mol. The molecule has 0 amide bonds. The van der Waals surface area contributed by atoms with E-state index in [1.807, 2.05) is 12.1 Å². The summed E-state index contributed by atoms with van der Waals surface area (Å²) >= 11 is 5.96. The molecule has 2 nitrogen and oxygen atoms in total. The molecule has 4 heteroatoms. The molecule has 1 aliphatic rings. The van der Waals surface area contributed by atoms with Crippen molar-refractivity contribution in [2.75, 3.05) is 19.6 Å². The summed E-state index contributed by atoms with van der Waals surface area (Å²) in [6, 6.07) is 11.1. The number of aryl methyl sites for hydroxylation is 1. The minimum absolute atomic E-state index is 0.383. The first-order valence-corrected chi connectivity index (χ1v) is 12.8. The molecular weight excluding hydrogens is 322 g/mol. The van der Waals surface area contributed by atoms with Gasteiger partial charge in [-0.15, -0.1) is 0 Å². The number of morpholine rings is 1. The van der Waals surface area contributed by atoms with Crippen LogP contribution in [-0.2, 0) is 11.2 Å². The van der Waals surface area contributed by atoms with E-state index in [1.54, 1.807) is 0 Å². The van der Waals surface area contributed by atoms with E-state index in [4.69, 9.17) is 16.3 Å². The molecule has 1 heterocycles. The molecule has 23 heavy (non-hydrogen) atoms. The summed E-state index contributed by atoms with van der Waals surface area (Å²) in [5.74, 6) is 0. The van der Waals surface area contributed by atoms with Crippen LogP contribution in [0.25, 0.3) is 0 Å². The Morgan fingerprint density at radius 1 is 1.09 bits per heavy atom. The normalized spacial score (nSPS) is 23.2. The number of rotatable bonds is 7. The third-order valence-electron chi connectivity index (χ3n) is 4.83. The van der Waals surface area contributed by atoms with Gasteiger partial charge in [-0.1, -0.05) is 48.9 Å². The molecule has 1 aliphatic heterocycles. The van der Waals surface area contributed by atoms with E-state index in [-0.39, 0.29) is 0 Å². The Bertz CT molecular complexity index is 467. The molecule has 2 unspecified atom stereocenters. The Kier molecular flexibility index (Phi) is 7.14. The van der Waals surface area contributed by atoms with Crippen molar-refractivity contribution in [3.8, 4) is 0 Å². The van der Waals surface area contributed by atoms with Crippen LogP contribution in [0.15, 0.2) is 24.3 Å². The molecule has 0 N–H and O–H groups in total. The fourth-order valence-corrected chi connectivity index (χ4v) is 5.96. The largest absolute Gasteiger partial charge is 0.373 e. The van der Waals surface area contributed by atoms with Gasteiger partial charge in [0.15, 0.2) is 0 Å². The van der Waals surface area contributed by atoms with E-state index < -0.39 is 8.07 Å². The Morgan fingerprint density at radius 3 is 2.30 bits per heavy atom. The zero-order valence-corrected chi connectivity index (χ0v) is 16.9. The van der Waals surface area contributed by atoms with Crippen LogP contribution >= 0.6 is 11.6 Å². The first-order chi connectivity index (χ1) is 10.8. The molecular formula is C19H32ClNOSi. The molecule has 2 rings (SSSR count). The Balaban J connectivity index is 1.70. The third-order valence-corrected chi connectivity index (χ3v) is 8.39. The fraction of sp³-hybridized carbons (Fsp3) is 0.684. The summed E-state index contributed by atoms with van der Waals surface area (Å²) in [5.41, 5.74) is 1.42. The van der Waals surface area contributed by atoms with Gasteiger partial charge in [-0.25, -0.2) is 0 Å². The highest BCUT2D eigenvalue weighted by atomic mass is 35.5. The first kappa shape index (κ1) is 19.0. The second kappa shape index (κ2) is 8.66. The number of nitrogens with zero attached hydrogens (tertiary/aromatic N) is 1. The van der Waals surface area contributed by atoms with E-state index in [0.717, 1.165) is 18.1 Å². The summed E-state index contributed by atoms with van der Waals surface area (Å²) in [7, 11) is -1.11. The lowest BCUT2D eigenvalue weighted by Crippen LogP contribution is -2.45. The van der Waals surface area contributed by atoms with Crippen molar-refractivity contribution in [1.82, 2.24) is 4.90 Å². The number of halogens is 1. The lowest BCUT2D eigenvalue weighted by Gasteiger charge is -2.35. The molecule has 0 saturated carbocycles. The van der Waals surface area contributed by atoms with Crippen LogP contribution < -0.4 is 0 Å². The molecule has 2 atom stereocenters. The second-order valence-electron chi connectivity index (χ2n) is 7.91. The van der Waals surface area contributed by atoms with E-state index in [9.17, 15) is 0 Å². The topological polar surface area (TPSA) is 12.5 Å². The average Bonchev–Trinajstić information content (AvgIpc) is 2.45. The standard InChI is InChI=1S/C19H32ClNOSi/c1-16-14-21(15-17(2)22-16)11-5-12-23(3,4)13-10-18-6-8-19(20)9-7-18/h6-9,16-17H,5,10-15H2,1-4H3. The second-order valence-corrected chi connectivity index (χ2v) is 13.7. The van der Waals surface area contributed by atoms with Crippen molar-refractivity contribution in [2.24, 2.45) is 0 Å². The summed E-state index contributed by atoms with van der Waals surface area (Å²) in [4.78, 5) is 2.59. The van der Waals surface area contributed by atoms with E-state index in [1.165, 1.54) is 37.0 Å².